The van der Waals surface area contributed by atoms with Crippen molar-refractivity contribution in [3.05, 3.63) is 42.6 Å². The predicted molar refractivity (Wildman–Crippen MR) is 66.6 cm³/mol. The molecule has 0 aliphatic heterocycles. The first-order valence-corrected chi connectivity index (χ1v) is 5.38. The number of nitrogens with zero attached hydrogens (tertiary/aromatic N) is 1. The van der Waals surface area contributed by atoms with Gasteiger partial charge < -0.3 is 15.4 Å². The van der Waals surface area contributed by atoms with Gasteiger partial charge in [-0.2, -0.15) is 0 Å². The van der Waals surface area contributed by atoms with E-state index in [0.29, 0.717) is 12.3 Å². The zero-order valence-corrected chi connectivity index (χ0v) is 9.19. The SMILES string of the molecule is C=CCn1cc(CCN)c2c(O)cccc21. The quantitative estimate of drug-likeness (QED) is 0.768. The predicted octanol–water partition coefficient (Wildman–Crippen LogP) is 2.03. The van der Waals surface area contributed by atoms with E-state index >= 15 is 0 Å². The van der Waals surface area contributed by atoms with E-state index in [1.54, 1.807) is 6.07 Å². The van der Waals surface area contributed by atoms with E-state index < -0.39 is 0 Å². The fraction of sp³-hybridized carbons (Fsp3) is 0.231. The summed E-state index contributed by atoms with van der Waals surface area (Å²) in [6.45, 7) is 5.06. The van der Waals surface area contributed by atoms with E-state index in [1.165, 1.54) is 0 Å². The smallest absolute Gasteiger partial charge is 0.125 e. The van der Waals surface area contributed by atoms with Gasteiger partial charge in [0.25, 0.3) is 0 Å². The molecular formula is C13H16N2O. The molecule has 16 heavy (non-hydrogen) atoms. The Morgan fingerprint density at radius 3 is 2.94 bits per heavy atom. The number of hydrogen-bond acceptors (Lipinski definition) is 2. The first-order chi connectivity index (χ1) is 7.77. The molecule has 0 amide bonds. The third-order valence-corrected chi connectivity index (χ3v) is 2.70. The lowest BCUT2D eigenvalue weighted by atomic mass is 10.1. The highest BCUT2D eigenvalue weighted by Gasteiger charge is 2.10. The molecule has 2 aromatic rings. The van der Waals surface area contributed by atoms with Gasteiger partial charge in [-0.3, -0.25) is 0 Å². The van der Waals surface area contributed by atoms with E-state index in [1.807, 2.05) is 24.4 Å². The number of fused-ring (bicyclic) bond motifs is 1. The van der Waals surface area contributed by atoms with Gasteiger partial charge in [0.2, 0.25) is 0 Å². The van der Waals surface area contributed by atoms with Crippen LogP contribution in [0.25, 0.3) is 10.9 Å². The molecule has 3 heteroatoms. The zero-order valence-electron chi connectivity index (χ0n) is 9.19. The lowest BCUT2D eigenvalue weighted by Crippen LogP contribution is -2.02. The average molecular weight is 216 g/mol. The fourth-order valence-electron chi connectivity index (χ4n) is 2.05. The van der Waals surface area contributed by atoms with E-state index in [4.69, 9.17) is 5.73 Å². The zero-order chi connectivity index (χ0) is 11.5. The van der Waals surface area contributed by atoms with E-state index in [-0.39, 0.29) is 0 Å². The Morgan fingerprint density at radius 1 is 1.44 bits per heavy atom. The summed E-state index contributed by atoms with van der Waals surface area (Å²) in [7, 11) is 0. The van der Waals surface area contributed by atoms with Gasteiger partial charge in [0.1, 0.15) is 5.75 Å². The third-order valence-electron chi connectivity index (χ3n) is 2.70. The van der Waals surface area contributed by atoms with Crippen LogP contribution in [-0.2, 0) is 13.0 Å². The minimum Gasteiger partial charge on any atom is -0.507 e. The molecule has 0 radical (unpaired) electrons. The van der Waals surface area contributed by atoms with Crippen LogP contribution in [-0.4, -0.2) is 16.2 Å². The Labute approximate surface area is 94.8 Å². The molecule has 2 rings (SSSR count). The fourth-order valence-corrected chi connectivity index (χ4v) is 2.05. The van der Waals surface area contributed by atoms with Crippen molar-refractivity contribution in [3.63, 3.8) is 0 Å². The minimum atomic E-state index is 0.323. The number of aromatic hydroxyl groups is 1. The van der Waals surface area contributed by atoms with Crippen LogP contribution < -0.4 is 5.73 Å². The maximum atomic E-state index is 9.88. The molecule has 3 nitrogen and oxygen atoms in total. The topological polar surface area (TPSA) is 51.2 Å². The van der Waals surface area contributed by atoms with Crippen LogP contribution in [0, 0.1) is 0 Å². The number of rotatable bonds is 4. The summed E-state index contributed by atoms with van der Waals surface area (Å²) in [4.78, 5) is 0. The number of benzene rings is 1. The molecule has 0 atom stereocenters. The number of phenolic OH excluding ortho intramolecular Hbond substituents is 1. The second-order valence-electron chi connectivity index (χ2n) is 3.81. The summed E-state index contributed by atoms with van der Waals surface area (Å²) in [5, 5.41) is 10.8. The highest BCUT2D eigenvalue weighted by Crippen LogP contribution is 2.29. The van der Waals surface area contributed by atoms with E-state index in [0.717, 1.165) is 29.4 Å². The molecule has 0 unspecified atom stereocenters. The molecule has 0 bridgehead atoms. The van der Waals surface area contributed by atoms with Gasteiger partial charge in [-0.05, 0) is 30.7 Å². The molecule has 0 saturated carbocycles. The van der Waals surface area contributed by atoms with Crippen LogP contribution >= 0.6 is 0 Å². The normalized spacial score (nSPS) is 10.8. The Morgan fingerprint density at radius 2 is 2.25 bits per heavy atom. The van der Waals surface area contributed by atoms with Crippen LogP contribution in [0.4, 0.5) is 0 Å². The van der Waals surface area contributed by atoms with Crippen LogP contribution in [0.1, 0.15) is 5.56 Å². The summed E-state index contributed by atoms with van der Waals surface area (Å²) in [5.41, 5.74) is 7.70. The summed E-state index contributed by atoms with van der Waals surface area (Å²) >= 11 is 0. The molecule has 84 valence electrons. The molecule has 1 aromatic carbocycles. The van der Waals surface area contributed by atoms with Gasteiger partial charge in [-0.25, -0.2) is 0 Å². The monoisotopic (exact) mass is 216 g/mol. The van der Waals surface area contributed by atoms with Crippen molar-refractivity contribution in [2.24, 2.45) is 5.73 Å². The first kappa shape index (κ1) is 10.8. The van der Waals surface area contributed by atoms with Crippen molar-refractivity contribution < 1.29 is 5.11 Å². The van der Waals surface area contributed by atoms with Crippen molar-refractivity contribution in [3.8, 4) is 5.75 Å². The number of nitrogens with two attached hydrogens (primary N) is 1. The number of hydrogen-bond donors (Lipinski definition) is 2. The average Bonchev–Trinajstić information content (AvgIpc) is 2.60. The summed E-state index contributed by atoms with van der Waals surface area (Å²) < 4.78 is 2.08. The van der Waals surface area contributed by atoms with E-state index in [2.05, 4.69) is 11.1 Å². The standard InChI is InChI=1S/C13H16N2O/c1-2-8-15-9-10(6-7-14)13-11(15)4-3-5-12(13)16/h2-5,9,16H,1,6-8,14H2. The van der Waals surface area contributed by atoms with E-state index in [9.17, 15) is 5.11 Å². The van der Waals surface area contributed by atoms with Crippen LogP contribution in [0.15, 0.2) is 37.1 Å². The highest BCUT2D eigenvalue weighted by molar-refractivity contribution is 5.89. The number of aromatic nitrogens is 1. The van der Waals surface area contributed by atoms with Crippen molar-refractivity contribution in [2.45, 2.75) is 13.0 Å². The van der Waals surface area contributed by atoms with Crippen LogP contribution in [0.5, 0.6) is 5.75 Å². The van der Waals surface area contributed by atoms with Crippen LogP contribution in [0.3, 0.4) is 0 Å². The summed E-state index contributed by atoms with van der Waals surface area (Å²) in [5.74, 6) is 0.323. The Kier molecular flexibility index (Phi) is 2.97. The van der Waals surface area contributed by atoms with Crippen LogP contribution in [0.2, 0.25) is 0 Å². The number of allylic oxidation sites excluding steroid dienone is 1. The summed E-state index contributed by atoms with van der Waals surface area (Å²) in [6.07, 6.45) is 4.66. The molecule has 3 N–H and O–H groups in total. The Balaban J connectivity index is 2.66. The molecular weight excluding hydrogens is 200 g/mol. The largest absolute Gasteiger partial charge is 0.507 e. The molecule has 0 aliphatic rings. The molecule has 0 saturated heterocycles. The van der Waals surface area contributed by atoms with Crippen molar-refractivity contribution in [1.29, 1.82) is 0 Å². The maximum Gasteiger partial charge on any atom is 0.125 e. The molecule has 0 spiro atoms. The van der Waals surface area contributed by atoms with Gasteiger partial charge in [-0.15, -0.1) is 6.58 Å². The van der Waals surface area contributed by atoms with Crippen molar-refractivity contribution >= 4 is 10.9 Å². The third kappa shape index (κ3) is 1.70. The first-order valence-electron chi connectivity index (χ1n) is 5.38. The van der Waals surface area contributed by atoms with Crippen molar-refractivity contribution in [1.82, 2.24) is 4.57 Å². The Bertz CT molecular complexity index is 514. The van der Waals surface area contributed by atoms with Gasteiger partial charge >= 0.3 is 0 Å². The second-order valence-corrected chi connectivity index (χ2v) is 3.81. The molecule has 1 heterocycles. The maximum absolute atomic E-state index is 9.88. The number of phenols is 1. The molecule has 0 fully saturated rings. The summed E-state index contributed by atoms with van der Waals surface area (Å²) in [6, 6.07) is 5.56. The van der Waals surface area contributed by atoms with Gasteiger partial charge in [-0.1, -0.05) is 12.1 Å². The van der Waals surface area contributed by atoms with Gasteiger partial charge in [0.15, 0.2) is 0 Å². The highest BCUT2D eigenvalue weighted by atomic mass is 16.3. The molecule has 1 aromatic heterocycles. The lowest BCUT2D eigenvalue weighted by Gasteiger charge is -2.01. The van der Waals surface area contributed by atoms with Gasteiger partial charge in [0, 0.05) is 18.1 Å². The lowest BCUT2D eigenvalue weighted by molar-refractivity contribution is 0.481. The second kappa shape index (κ2) is 4.41. The minimum absolute atomic E-state index is 0.323. The molecule has 0 aliphatic carbocycles. The van der Waals surface area contributed by atoms with Gasteiger partial charge in [0.05, 0.1) is 5.52 Å². The van der Waals surface area contributed by atoms with Crippen molar-refractivity contribution in [2.75, 3.05) is 6.54 Å². The Hall–Kier alpha value is -1.74.